The zero-order valence-corrected chi connectivity index (χ0v) is 11.8. The van der Waals surface area contributed by atoms with Crippen molar-refractivity contribution in [2.45, 2.75) is 26.4 Å². The average molecular weight is 284 g/mol. The van der Waals surface area contributed by atoms with Gasteiger partial charge in [-0.05, 0) is 37.6 Å². The third-order valence-corrected chi connectivity index (χ3v) is 4.62. The highest BCUT2D eigenvalue weighted by atomic mass is 32.2. The molecule has 0 atom stereocenters. The Hall–Kier alpha value is -1.60. The molecule has 2 rings (SSSR count). The van der Waals surface area contributed by atoms with Crippen molar-refractivity contribution in [1.82, 2.24) is 4.31 Å². The normalized spacial score (nSPS) is 17.7. The van der Waals surface area contributed by atoms with Gasteiger partial charge in [-0.1, -0.05) is 0 Å². The highest BCUT2D eigenvalue weighted by Crippen LogP contribution is 2.28. The summed E-state index contributed by atoms with van der Waals surface area (Å²) in [6.07, 6.45) is 0. The standard InChI is InChI=1S/C12H16N2O4S/c1-8(2)14-7-10-6-9(12(15)18-3)4-5-11(10)13-19(14,16)17/h4-6,8,13H,7H2,1-3H3. The van der Waals surface area contributed by atoms with Crippen LogP contribution in [0.4, 0.5) is 5.69 Å². The van der Waals surface area contributed by atoms with Crippen LogP contribution in [0, 0.1) is 0 Å². The summed E-state index contributed by atoms with van der Waals surface area (Å²) in [5.74, 6) is -0.438. The van der Waals surface area contributed by atoms with Crippen molar-refractivity contribution in [3.63, 3.8) is 0 Å². The number of benzene rings is 1. The Balaban J connectivity index is 2.43. The number of hydrogen-bond acceptors (Lipinski definition) is 4. The average Bonchev–Trinajstić information content (AvgIpc) is 2.35. The van der Waals surface area contributed by atoms with Crippen LogP contribution in [0.3, 0.4) is 0 Å². The number of esters is 1. The van der Waals surface area contributed by atoms with Crippen LogP contribution in [-0.4, -0.2) is 31.8 Å². The lowest BCUT2D eigenvalue weighted by Crippen LogP contribution is -2.43. The Morgan fingerprint density at radius 3 is 2.68 bits per heavy atom. The minimum atomic E-state index is -3.51. The summed E-state index contributed by atoms with van der Waals surface area (Å²) in [5, 5.41) is 0. The zero-order chi connectivity index (χ0) is 14.2. The molecule has 0 amide bonds. The summed E-state index contributed by atoms with van der Waals surface area (Å²) in [5.41, 5.74) is 1.67. The Morgan fingerprint density at radius 1 is 1.42 bits per heavy atom. The topological polar surface area (TPSA) is 75.7 Å². The molecule has 0 aliphatic carbocycles. The number of hydrogen-bond donors (Lipinski definition) is 1. The van der Waals surface area contributed by atoms with Gasteiger partial charge in [0.2, 0.25) is 0 Å². The van der Waals surface area contributed by atoms with Crippen LogP contribution in [0.2, 0.25) is 0 Å². The first-order valence-corrected chi connectivity index (χ1v) is 7.30. The Labute approximate surface area is 112 Å². The molecule has 1 N–H and O–H groups in total. The SMILES string of the molecule is COC(=O)c1ccc2c(c1)CN(C(C)C)S(=O)(=O)N2. The summed E-state index contributed by atoms with van der Waals surface area (Å²) >= 11 is 0. The summed E-state index contributed by atoms with van der Waals surface area (Å²) in [6, 6.07) is 4.61. The van der Waals surface area contributed by atoms with E-state index in [0.29, 0.717) is 11.3 Å². The number of rotatable bonds is 2. The predicted octanol–water partition coefficient (Wildman–Crippen LogP) is 1.35. The van der Waals surface area contributed by atoms with E-state index in [4.69, 9.17) is 0 Å². The molecule has 1 aliphatic rings. The van der Waals surface area contributed by atoms with Crippen LogP contribution in [0.5, 0.6) is 0 Å². The first-order valence-electron chi connectivity index (χ1n) is 5.86. The molecule has 7 heteroatoms. The monoisotopic (exact) mass is 284 g/mol. The minimum Gasteiger partial charge on any atom is -0.465 e. The molecule has 0 bridgehead atoms. The van der Waals surface area contributed by atoms with Gasteiger partial charge in [0.15, 0.2) is 0 Å². The van der Waals surface area contributed by atoms with Gasteiger partial charge in [0.1, 0.15) is 0 Å². The predicted molar refractivity (Wildman–Crippen MR) is 71.0 cm³/mol. The fourth-order valence-electron chi connectivity index (χ4n) is 1.98. The van der Waals surface area contributed by atoms with Crippen LogP contribution in [0.25, 0.3) is 0 Å². The van der Waals surface area contributed by atoms with Crippen LogP contribution >= 0.6 is 0 Å². The Kier molecular flexibility index (Phi) is 3.51. The van der Waals surface area contributed by atoms with E-state index in [2.05, 4.69) is 9.46 Å². The van der Waals surface area contributed by atoms with E-state index in [1.165, 1.54) is 17.5 Å². The maximum absolute atomic E-state index is 12.0. The third-order valence-electron chi connectivity index (χ3n) is 2.98. The third kappa shape index (κ3) is 2.57. The molecule has 0 saturated heterocycles. The second-order valence-corrected chi connectivity index (χ2v) is 6.23. The molecule has 1 aliphatic heterocycles. The number of carbonyl (C=O) groups excluding carboxylic acids is 1. The van der Waals surface area contributed by atoms with Gasteiger partial charge < -0.3 is 4.74 Å². The van der Waals surface area contributed by atoms with Crippen molar-refractivity contribution in [3.05, 3.63) is 29.3 Å². The lowest BCUT2D eigenvalue weighted by Gasteiger charge is -2.32. The fourth-order valence-corrected chi connectivity index (χ4v) is 3.44. The van der Waals surface area contributed by atoms with Crippen molar-refractivity contribution in [2.75, 3.05) is 11.8 Å². The number of nitrogens with zero attached hydrogens (tertiary/aromatic N) is 1. The van der Waals surface area contributed by atoms with Crippen molar-refractivity contribution in [1.29, 1.82) is 0 Å². The zero-order valence-electron chi connectivity index (χ0n) is 11.0. The molecule has 0 radical (unpaired) electrons. The number of anilines is 1. The molecule has 0 aromatic heterocycles. The molecule has 19 heavy (non-hydrogen) atoms. The van der Waals surface area contributed by atoms with Gasteiger partial charge in [-0.3, -0.25) is 4.72 Å². The second-order valence-electron chi connectivity index (χ2n) is 4.61. The van der Waals surface area contributed by atoms with Gasteiger partial charge >= 0.3 is 16.2 Å². The van der Waals surface area contributed by atoms with Crippen molar-refractivity contribution < 1.29 is 17.9 Å². The van der Waals surface area contributed by atoms with Gasteiger partial charge in [-0.25, -0.2) is 4.79 Å². The van der Waals surface area contributed by atoms with E-state index in [1.807, 2.05) is 0 Å². The van der Waals surface area contributed by atoms with Gasteiger partial charge in [0.05, 0.1) is 18.4 Å². The molecule has 1 heterocycles. The number of nitrogens with one attached hydrogen (secondary N) is 1. The quantitative estimate of drug-likeness (QED) is 0.832. The largest absolute Gasteiger partial charge is 0.465 e. The van der Waals surface area contributed by atoms with Crippen LogP contribution < -0.4 is 4.72 Å². The fraction of sp³-hybridized carbons (Fsp3) is 0.417. The summed E-state index contributed by atoms with van der Waals surface area (Å²) in [7, 11) is -2.20. The van der Waals surface area contributed by atoms with E-state index in [1.54, 1.807) is 26.0 Å². The molecule has 104 valence electrons. The van der Waals surface area contributed by atoms with E-state index < -0.39 is 16.2 Å². The minimum absolute atomic E-state index is 0.160. The molecule has 6 nitrogen and oxygen atoms in total. The lowest BCUT2D eigenvalue weighted by atomic mass is 10.1. The molecule has 1 aromatic carbocycles. The summed E-state index contributed by atoms with van der Waals surface area (Å²) < 4.78 is 32.5. The lowest BCUT2D eigenvalue weighted by molar-refractivity contribution is 0.0600. The molecule has 0 fully saturated rings. The Morgan fingerprint density at radius 2 is 2.11 bits per heavy atom. The molecule has 0 spiro atoms. The molecular formula is C12H16N2O4S. The Bertz CT molecular complexity index is 610. The van der Waals surface area contributed by atoms with E-state index >= 15 is 0 Å². The first kappa shape index (κ1) is 13.8. The van der Waals surface area contributed by atoms with Crippen LogP contribution in [0.15, 0.2) is 18.2 Å². The first-order chi connectivity index (χ1) is 8.85. The number of methoxy groups -OCH3 is 1. The maximum atomic E-state index is 12.0. The van der Waals surface area contributed by atoms with E-state index in [0.717, 1.165) is 5.56 Å². The van der Waals surface area contributed by atoms with Crippen LogP contribution in [-0.2, 0) is 21.5 Å². The van der Waals surface area contributed by atoms with Gasteiger partial charge in [0, 0.05) is 12.6 Å². The molecular weight excluding hydrogens is 268 g/mol. The van der Waals surface area contributed by atoms with Crippen molar-refractivity contribution in [2.24, 2.45) is 0 Å². The highest BCUT2D eigenvalue weighted by molar-refractivity contribution is 7.90. The summed E-state index contributed by atoms with van der Waals surface area (Å²) in [6.45, 7) is 3.84. The smallest absolute Gasteiger partial charge is 0.337 e. The van der Waals surface area contributed by atoms with E-state index in [-0.39, 0.29) is 12.6 Å². The number of ether oxygens (including phenoxy) is 1. The number of fused-ring (bicyclic) bond motifs is 1. The van der Waals surface area contributed by atoms with Gasteiger partial charge in [-0.2, -0.15) is 12.7 Å². The summed E-state index contributed by atoms with van der Waals surface area (Å²) in [4.78, 5) is 11.5. The van der Waals surface area contributed by atoms with Crippen molar-refractivity contribution >= 4 is 21.9 Å². The highest BCUT2D eigenvalue weighted by Gasteiger charge is 2.31. The number of carbonyl (C=O) groups is 1. The van der Waals surface area contributed by atoms with Crippen LogP contribution in [0.1, 0.15) is 29.8 Å². The maximum Gasteiger partial charge on any atom is 0.337 e. The van der Waals surface area contributed by atoms with Crippen molar-refractivity contribution in [3.8, 4) is 0 Å². The second kappa shape index (κ2) is 4.82. The molecule has 0 unspecified atom stereocenters. The van der Waals surface area contributed by atoms with E-state index in [9.17, 15) is 13.2 Å². The van der Waals surface area contributed by atoms with Gasteiger partial charge in [0.25, 0.3) is 0 Å². The molecule has 0 saturated carbocycles. The molecule has 1 aromatic rings. The van der Waals surface area contributed by atoms with Gasteiger partial charge in [-0.15, -0.1) is 0 Å².